The highest BCUT2D eigenvalue weighted by Crippen LogP contribution is 2.41. The number of methoxy groups -OCH3 is 1. The minimum Gasteiger partial charge on any atom is -1.00 e. The van der Waals surface area contributed by atoms with E-state index in [2.05, 4.69) is 39.0 Å². The largest absolute Gasteiger partial charge is 1.00 e. The molecule has 0 amide bonds. The minimum absolute atomic E-state index is 0. The van der Waals surface area contributed by atoms with Crippen LogP contribution in [-0.2, 0) is 26.1 Å². The van der Waals surface area contributed by atoms with Gasteiger partial charge in [0.2, 0.25) is 12.5 Å². The molecule has 0 saturated carbocycles. The third-order valence-electron chi connectivity index (χ3n) is 7.97. The third-order valence-corrected chi connectivity index (χ3v) is 7.97. The van der Waals surface area contributed by atoms with Gasteiger partial charge in [0.25, 0.3) is 0 Å². The first kappa shape index (κ1) is 35.0. The first-order chi connectivity index (χ1) is 21.1. The van der Waals surface area contributed by atoms with E-state index in [4.69, 9.17) is 18.9 Å². The summed E-state index contributed by atoms with van der Waals surface area (Å²) in [6.07, 6.45) is 6.10. The quantitative estimate of drug-likeness (QED) is 0.208. The van der Waals surface area contributed by atoms with Crippen molar-refractivity contribution in [2.75, 3.05) is 33.6 Å². The number of nitrogens with zero attached hydrogens (tertiary/aromatic N) is 5. The van der Waals surface area contributed by atoms with Gasteiger partial charge < -0.3 is 31.4 Å². The van der Waals surface area contributed by atoms with Crippen molar-refractivity contribution < 1.29 is 44.7 Å². The number of rotatable bonds is 10. The second kappa shape index (κ2) is 15.1. The van der Waals surface area contributed by atoms with Crippen LogP contribution in [-0.4, -0.2) is 53.3 Å². The SMILES string of the molecule is COc1ccc2cc3[n+](cc2c1OCCN(CCn1cncn1)Cc1ccc(F)cc1F)CCc1cc2c(cc1-3)OCO2.Cl.Cl.[Cl-]. The minimum atomic E-state index is -0.600. The highest BCUT2D eigenvalue weighted by Gasteiger charge is 2.28. The van der Waals surface area contributed by atoms with Crippen LogP contribution in [0, 0.1) is 11.6 Å². The molecule has 244 valence electrons. The van der Waals surface area contributed by atoms with Gasteiger partial charge in [-0.15, -0.1) is 24.8 Å². The Labute approximate surface area is 283 Å². The summed E-state index contributed by atoms with van der Waals surface area (Å²) in [7, 11) is 1.63. The van der Waals surface area contributed by atoms with Gasteiger partial charge >= 0.3 is 0 Å². The van der Waals surface area contributed by atoms with E-state index in [0.29, 0.717) is 43.3 Å². The van der Waals surface area contributed by atoms with Crippen molar-refractivity contribution in [3.63, 3.8) is 0 Å². The molecule has 2 aliphatic heterocycles. The van der Waals surface area contributed by atoms with Crippen molar-refractivity contribution in [2.45, 2.75) is 26.1 Å². The van der Waals surface area contributed by atoms with Crippen molar-refractivity contribution >= 4 is 35.6 Å². The average Bonchev–Trinajstić information content (AvgIpc) is 3.71. The van der Waals surface area contributed by atoms with Gasteiger partial charge in [0.05, 0.1) is 24.6 Å². The van der Waals surface area contributed by atoms with Crippen molar-refractivity contribution in [1.82, 2.24) is 19.7 Å². The highest BCUT2D eigenvalue weighted by atomic mass is 35.5. The van der Waals surface area contributed by atoms with Crippen molar-refractivity contribution in [3.05, 3.63) is 90.1 Å². The van der Waals surface area contributed by atoms with Crippen LogP contribution in [0.5, 0.6) is 23.0 Å². The summed E-state index contributed by atoms with van der Waals surface area (Å²) >= 11 is 0. The first-order valence-corrected chi connectivity index (χ1v) is 14.1. The van der Waals surface area contributed by atoms with Gasteiger partial charge in [-0.1, -0.05) is 6.07 Å². The maximum Gasteiger partial charge on any atom is 0.231 e. The number of fused-ring (bicyclic) bond motifs is 5. The molecule has 9 nitrogen and oxygen atoms in total. The van der Waals surface area contributed by atoms with E-state index in [1.165, 1.54) is 24.0 Å². The van der Waals surface area contributed by atoms with Gasteiger partial charge in [-0.2, -0.15) is 9.67 Å². The summed E-state index contributed by atoms with van der Waals surface area (Å²) in [6, 6.07) is 13.9. The van der Waals surface area contributed by atoms with Crippen molar-refractivity contribution in [2.24, 2.45) is 0 Å². The Morgan fingerprint density at radius 2 is 1.85 bits per heavy atom. The molecule has 0 atom stereocenters. The lowest BCUT2D eigenvalue weighted by Crippen LogP contribution is -3.00. The van der Waals surface area contributed by atoms with Gasteiger partial charge in [0.1, 0.15) is 30.9 Å². The topological polar surface area (TPSA) is 74.8 Å². The zero-order chi connectivity index (χ0) is 29.3. The lowest BCUT2D eigenvalue weighted by atomic mass is 9.95. The molecule has 0 saturated heterocycles. The second-order valence-electron chi connectivity index (χ2n) is 10.6. The van der Waals surface area contributed by atoms with Crippen molar-refractivity contribution in [3.8, 4) is 34.3 Å². The molecule has 2 aliphatic rings. The molecule has 5 aromatic rings. The standard InChI is InChI=1S/C32H30F2N5O4.3ClH/c1-40-29-5-3-21-12-28-25-15-31-30(42-20-43-31)13-22(25)6-7-38(28)17-26(21)32(29)41-11-10-37(8-9-39-19-35-18-36-39)16-23-2-4-24(33)14-27(23)34;;;/h2-5,12-15,17-19H,6-11,16,20H2,1H3;3*1H/q+1;;;/p-1. The number of ether oxygens (including phenoxy) is 4. The molecule has 4 heterocycles. The molecular weight excluding hydrogens is 663 g/mol. The third kappa shape index (κ3) is 7.07. The Hall–Kier alpha value is -3.90. The number of hydrogen-bond donors (Lipinski definition) is 0. The molecule has 0 bridgehead atoms. The highest BCUT2D eigenvalue weighted by molar-refractivity contribution is 5.91. The Bertz CT molecular complexity index is 1810. The van der Waals surface area contributed by atoms with Crippen LogP contribution in [0.2, 0.25) is 0 Å². The van der Waals surface area contributed by atoms with Gasteiger partial charge in [-0.3, -0.25) is 9.58 Å². The Morgan fingerprint density at radius 1 is 1.02 bits per heavy atom. The first-order valence-electron chi connectivity index (χ1n) is 14.1. The van der Waals surface area contributed by atoms with Crippen LogP contribution < -0.4 is 35.9 Å². The molecule has 7 rings (SSSR count). The molecule has 46 heavy (non-hydrogen) atoms. The summed E-state index contributed by atoms with van der Waals surface area (Å²) in [6.45, 7) is 3.29. The van der Waals surface area contributed by atoms with Crippen LogP contribution in [0.3, 0.4) is 0 Å². The number of hydrogen-bond acceptors (Lipinski definition) is 7. The monoisotopic (exact) mass is 693 g/mol. The summed E-state index contributed by atoms with van der Waals surface area (Å²) < 4.78 is 55.4. The predicted molar refractivity (Wildman–Crippen MR) is 168 cm³/mol. The maximum atomic E-state index is 14.5. The molecule has 0 radical (unpaired) electrons. The fourth-order valence-corrected chi connectivity index (χ4v) is 5.74. The zero-order valence-corrected chi connectivity index (χ0v) is 27.2. The van der Waals surface area contributed by atoms with E-state index in [0.717, 1.165) is 52.6 Å². The molecule has 0 N–H and O–H groups in total. The molecule has 14 heteroatoms. The number of aryl methyl sites for hydroxylation is 2. The normalized spacial score (nSPS) is 12.4. The lowest BCUT2D eigenvalue weighted by molar-refractivity contribution is -0.686. The van der Waals surface area contributed by atoms with E-state index in [-0.39, 0.29) is 50.6 Å². The maximum absolute atomic E-state index is 14.5. The molecule has 2 aromatic heterocycles. The summed E-state index contributed by atoms with van der Waals surface area (Å²) in [5.74, 6) is 1.67. The number of pyridine rings is 1. The molecule has 0 spiro atoms. The van der Waals surface area contributed by atoms with E-state index in [1.807, 2.05) is 17.0 Å². The predicted octanol–water partition coefficient (Wildman–Crippen LogP) is 2.39. The van der Waals surface area contributed by atoms with Crippen LogP contribution >= 0.6 is 24.8 Å². The van der Waals surface area contributed by atoms with Crippen LogP contribution in [0.15, 0.2) is 67.4 Å². The van der Waals surface area contributed by atoms with Gasteiger partial charge in [-0.25, -0.2) is 13.8 Å². The van der Waals surface area contributed by atoms with Crippen LogP contribution in [0.1, 0.15) is 11.1 Å². The molecule has 0 aliphatic carbocycles. The van der Waals surface area contributed by atoms with Crippen molar-refractivity contribution in [1.29, 1.82) is 0 Å². The Kier molecular flexibility index (Phi) is 11.5. The summed E-state index contributed by atoms with van der Waals surface area (Å²) in [5, 5.41) is 6.12. The number of benzene rings is 3. The van der Waals surface area contributed by atoms with Gasteiger partial charge in [0, 0.05) is 43.8 Å². The molecule has 3 aromatic carbocycles. The summed E-state index contributed by atoms with van der Waals surface area (Å²) in [5.41, 5.74) is 3.88. The lowest BCUT2D eigenvalue weighted by Gasteiger charge is -2.23. The van der Waals surface area contributed by atoms with Gasteiger partial charge in [-0.05, 0) is 41.3 Å². The van der Waals surface area contributed by atoms with E-state index < -0.39 is 11.6 Å². The van der Waals surface area contributed by atoms with E-state index in [1.54, 1.807) is 18.1 Å². The van der Waals surface area contributed by atoms with E-state index in [9.17, 15) is 8.78 Å². The van der Waals surface area contributed by atoms with Gasteiger partial charge in [0.15, 0.2) is 35.7 Å². The van der Waals surface area contributed by atoms with E-state index >= 15 is 0 Å². The van der Waals surface area contributed by atoms with Crippen LogP contribution in [0.25, 0.3) is 22.0 Å². The molecular formula is C32H32Cl3F2N5O4. The molecule has 0 fully saturated rings. The Morgan fingerprint density at radius 3 is 2.61 bits per heavy atom. The molecule has 0 unspecified atom stereocenters. The smallest absolute Gasteiger partial charge is 0.231 e. The second-order valence-corrected chi connectivity index (χ2v) is 10.6. The average molecular weight is 695 g/mol. The fourth-order valence-electron chi connectivity index (χ4n) is 5.74. The Balaban J connectivity index is 0.00000160. The fraction of sp³-hybridized carbons (Fsp3) is 0.281. The number of halogens is 5. The zero-order valence-electron chi connectivity index (χ0n) is 24.8. The summed E-state index contributed by atoms with van der Waals surface area (Å²) in [4.78, 5) is 6.04. The van der Waals surface area contributed by atoms with Crippen LogP contribution in [0.4, 0.5) is 8.78 Å². The number of aromatic nitrogens is 4.